The summed E-state index contributed by atoms with van der Waals surface area (Å²) >= 11 is 0. The fraction of sp³-hybridized carbons (Fsp3) is 0.500. The van der Waals surface area contributed by atoms with Crippen molar-refractivity contribution in [3.63, 3.8) is 0 Å². The third-order valence-corrected chi connectivity index (χ3v) is 5.47. The first-order valence-electron chi connectivity index (χ1n) is 5.32. The zero-order valence-corrected chi connectivity index (χ0v) is 9.59. The molecule has 0 amide bonds. The minimum Gasteiger partial charge on any atom is -0.207 e. The molecule has 1 radical (unpaired) electrons. The van der Waals surface area contributed by atoms with Crippen LogP contribution in [0.3, 0.4) is 0 Å². The minimum absolute atomic E-state index is 0.0147. The zero-order valence-electron chi connectivity index (χ0n) is 8.59. The predicted molar refractivity (Wildman–Crippen MR) is 59.6 cm³/mol. The van der Waals surface area contributed by atoms with Crippen LogP contribution in [0.25, 0.3) is 0 Å². The molecule has 1 aliphatic rings. The molecule has 2 heteroatoms. The molecule has 1 heterocycles. The van der Waals surface area contributed by atoms with Crippen LogP contribution >= 0.6 is 0 Å². The smallest absolute Gasteiger partial charge is 0.123 e. The van der Waals surface area contributed by atoms with Crippen molar-refractivity contribution in [2.75, 3.05) is 0 Å². The van der Waals surface area contributed by atoms with Gasteiger partial charge in [-0.25, -0.2) is 4.39 Å². The van der Waals surface area contributed by atoms with Crippen LogP contribution in [0.1, 0.15) is 24.3 Å². The largest absolute Gasteiger partial charge is 0.207 e. The molecule has 1 fully saturated rings. The van der Waals surface area contributed by atoms with E-state index in [4.69, 9.17) is 0 Å². The average Bonchev–Trinajstić information content (AvgIpc) is 2.21. The van der Waals surface area contributed by atoms with E-state index in [0.29, 0.717) is 5.92 Å². The van der Waals surface area contributed by atoms with Gasteiger partial charge in [0.25, 0.3) is 0 Å². The molecule has 0 spiro atoms. The molecule has 1 saturated heterocycles. The fourth-order valence-corrected chi connectivity index (χ4v) is 4.11. The van der Waals surface area contributed by atoms with Gasteiger partial charge in [0, 0.05) is 8.80 Å². The number of hydrogen-bond donors (Lipinski definition) is 0. The fourth-order valence-electron chi connectivity index (χ4n) is 2.18. The highest BCUT2D eigenvalue weighted by molar-refractivity contribution is 6.57. The molecule has 0 unspecified atom stereocenters. The first kappa shape index (κ1) is 9.90. The summed E-state index contributed by atoms with van der Waals surface area (Å²) in [5.41, 5.74) is 1.33. The normalized spacial score (nSPS) is 19.9. The van der Waals surface area contributed by atoms with Gasteiger partial charge in [-0.05, 0) is 36.5 Å². The molecule has 0 nitrogen and oxygen atoms in total. The van der Waals surface area contributed by atoms with E-state index in [1.165, 1.54) is 30.5 Å². The molecule has 0 aromatic heterocycles. The summed E-state index contributed by atoms with van der Waals surface area (Å²) in [4.78, 5) is 0. The molecule has 0 saturated carbocycles. The number of rotatable bonds is 1. The maximum Gasteiger partial charge on any atom is 0.123 e. The lowest BCUT2D eigenvalue weighted by Crippen LogP contribution is -2.16. The van der Waals surface area contributed by atoms with Crippen molar-refractivity contribution in [3.05, 3.63) is 35.6 Å². The van der Waals surface area contributed by atoms with E-state index in [9.17, 15) is 4.39 Å². The Kier molecular flexibility index (Phi) is 3.01. The molecule has 2 rings (SSSR count). The summed E-state index contributed by atoms with van der Waals surface area (Å²) in [6.07, 6.45) is 2.63. The van der Waals surface area contributed by atoms with Crippen LogP contribution in [0.15, 0.2) is 24.3 Å². The average molecular weight is 207 g/mol. The number of hydrogen-bond acceptors (Lipinski definition) is 0. The minimum atomic E-state index is -0.121. The van der Waals surface area contributed by atoms with Gasteiger partial charge in [-0.2, -0.15) is 0 Å². The quantitative estimate of drug-likeness (QED) is 0.614. The third kappa shape index (κ3) is 2.24. The number of benzene rings is 1. The maximum absolute atomic E-state index is 12.7. The molecular weight excluding hydrogens is 191 g/mol. The Morgan fingerprint density at radius 3 is 2.29 bits per heavy atom. The van der Waals surface area contributed by atoms with E-state index in [0.717, 1.165) is 0 Å². The van der Waals surface area contributed by atoms with Gasteiger partial charge < -0.3 is 0 Å². The van der Waals surface area contributed by atoms with Crippen LogP contribution < -0.4 is 0 Å². The Hall–Kier alpha value is -0.633. The van der Waals surface area contributed by atoms with E-state index < -0.39 is 0 Å². The molecule has 0 aliphatic carbocycles. The molecule has 0 bridgehead atoms. The Labute approximate surface area is 86.8 Å². The summed E-state index contributed by atoms with van der Waals surface area (Å²) < 4.78 is 12.7. The summed E-state index contributed by atoms with van der Waals surface area (Å²) in [7, 11) is -0.0147. The van der Waals surface area contributed by atoms with E-state index in [-0.39, 0.29) is 14.6 Å². The van der Waals surface area contributed by atoms with Crippen molar-refractivity contribution in [3.8, 4) is 0 Å². The molecule has 0 atom stereocenters. The third-order valence-electron chi connectivity index (χ3n) is 3.18. The van der Waals surface area contributed by atoms with Gasteiger partial charge in [0.2, 0.25) is 0 Å². The van der Waals surface area contributed by atoms with Gasteiger partial charge in [-0.15, -0.1) is 0 Å². The van der Waals surface area contributed by atoms with Crippen LogP contribution in [0.5, 0.6) is 0 Å². The maximum atomic E-state index is 12.7. The van der Waals surface area contributed by atoms with Gasteiger partial charge in [0.15, 0.2) is 0 Å². The molecule has 1 aromatic rings. The molecular formula is C12H16FSi. The van der Waals surface area contributed by atoms with Gasteiger partial charge in [-0.1, -0.05) is 30.8 Å². The Bertz CT molecular complexity index is 286. The second-order valence-electron chi connectivity index (χ2n) is 4.28. The Balaban J connectivity index is 2.05. The predicted octanol–water partition coefficient (Wildman–Crippen LogP) is 3.83. The highest BCUT2D eigenvalue weighted by Gasteiger charge is 2.20. The van der Waals surface area contributed by atoms with Crippen LogP contribution in [0, 0.1) is 5.82 Å². The highest BCUT2D eigenvalue weighted by Crippen LogP contribution is 2.33. The summed E-state index contributed by atoms with van der Waals surface area (Å²) in [6.45, 7) is 2.42. The molecule has 1 aliphatic heterocycles. The first-order chi connectivity index (χ1) is 6.75. The zero-order chi connectivity index (χ0) is 9.97. The first-order valence-corrected chi connectivity index (χ1v) is 7.74. The van der Waals surface area contributed by atoms with Crippen molar-refractivity contribution in [2.24, 2.45) is 0 Å². The van der Waals surface area contributed by atoms with Gasteiger partial charge >= 0.3 is 0 Å². The second-order valence-corrected chi connectivity index (χ2v) is 7.20. The van der Waals surface area contributed by atoms with Crippen molar-refractivity contribution >= 4 is 8.80 Å². The molecule has 1 aromatic carbocycles. The van der Waals surface area contributed by atoms with Gasteiger partial charge in [0.1, 0.15) is 5.82 Å². The lowest BCUT2D eigenvalue weighted by atomic mass is 9.93. The van der Waals surface area contributed by atoms with E-state index in [2.05, 4.69) is 6.55 Å². The van der Waals surface area contributed by atoms with E-state index in [1.54, 1.807) is 12.1 Å². The van der Waals surface area contributed by atoms with Crippen molar-refractivity contribution in [1.82, 2.24) is 0 Å². The molecule has 14 heavy (non-hydrogen) atoms. The van der Waals surface area contributed by atoms with Gasteiger partial charge in [0.05, 0.1) is 0 Å². The lowest BCUT2D eigenvalue weighted by molar-refractivity contribution is 0.600. The van der Waals surface area contributed by atoms with E-state index >= 15 is 0 Å². The van der Waals surface area contributed by atoms with Gasteiger partial charge in [-0.3, -0.25) is 0 Å². The van der Waals surface area contributed by atoms with Crippen LogP contribution in [-0.4, -0.2) is 8.80 Å². The lowest BCUT2D eigenvalue weighted by Gasteiger charge is -2.25. The SMILES string of the molecule is C[Si]1CCC(c2ccc(F)cc2)CC1. The van der Waals surface area contributed by atoms with Crippen molar-refractivity contribution in [2.45, 2.75) is 37.4 Å². The van der Waals surface area contributed by atoms with Crippen LogP contribution in [0.2, 0.25) is 18.6 Å². The molecule has 0 N–H and O–H groups in total. The molecule has 75 valence electrons. The second kappa shape index (κ2) is 4.26. The number of halogens is 1. The highest BCUT2D eigenvalue weighted by atomic mass is 28.3. The Morgan fingerprint density at radius 2 is 1.71 bits per heavy atom. The summed E-state index contributed by atoms with van der Waals surface area (Å²) in [5, 5.41) is 0. The van der Waals surface area contributed by atoms with Crippen molar-refractivity contribution in [1.29, 1.82) is 0 Å². The van der Waals surface area contributed by atoms with E-state index in [1.807, 2.05) is 12.1 Å². The summed E-state index contributed by atoms with van der Waals surface area (Å²) in [5.74, 6) is 0.578. The van der Waals surface area contributed by atoms with Crippen LogP contribution in [0.4, 0.5) is 4.39 Å². The monoisotopic (exact) mass is 207 g/mol. The van der Waals surface area contributed by atoms with Crippen LogP contribution in [-0.2, 0) is 0 Å². The Morgan fingerprint density at radius 1 is 1.14 bits per heavy atom. The van der Waals surface area contributed by atoms with Crippen molar-refractivity contribution < 1.29 is 4.39 Å². The topological polar surface area (TPSA) is 0 Å². The summed E-state index contributed by atoms with van der Waals surface area (Å²) in [6, 6.07) is 9.92. The standard InChI is InChI=1S/C12H16FSi/c1-14-8-6-11(7-9-14)10-2-4-12(13)5-3-10/h2-5,11H,6-9H2,1H3.